The number of hydrogen-bond acceptors (Lipinski definition) is 2. The molecule has 0 aliphatic heterocycles. The fraction of sp³-hybridized carbons (Fsp3) is 0.300. The smallest absolute Gasteiger partial charge is 0.200 e. The standard InChI is InChI=1S/C10H13N3.ClH/c1-6-4-5-8-9(7(6)2)13-10(11-3)12-8;/h4-5H,1-3H3,(H2,11,12,13);1H. The van der Waals surface area contributed by atoms with Crippen LogP contribution in [0.4, 0.5) is 5.95 Å². The van der Waals surface area contributed by atoms with Gasteiger partial charge in [0.2, 0.25) is 5.95 Å². The SMILES string of the molecule is CNc1nc2c(C)c(C)ccc2[nH]1.Cl. The zero-order chi connectivity index (χ0) is 9.42. The highest BCUT2D eigenvalue weighted by Crippen LogP contribution is 2.20. The minimum Gasteiger partial charge on any atom is -0.359 e. The molecule has 1 heterocycles. The first-order chi connectivity index (χ1) is 6.22. The molecule has 0 saturated carbocycles. The second kappa shape index (κ2) is 3.88. The molecule has 0 aliphatic rings. The van der Waals surface area contributed by atoms with Crippen LogP contribution in [-0.4, -0.2) is 17.0 Å². The Morgan fingerprint density at radius 3 is 2.64 bits per heavy atom. The van der Waals surface area contributed by atoms with Crippen molar-refractivity contribution in [3.05, 3.63) is 23.3 Å². The van der Waals surface area contributed by atoms with Gasteiger partial charge in [-0.2, -0.15) is 0 Å². The van der Waals surface area contributed by atoms with Crippen molar-refractivity contribution in [3.63, 3.8) is 0 Å². The summed E-state index contributed by atoms with van der Waals surface area (Å²) in [7, 11) is 1.86. The molecule has 0 fully saturated rings. The molecule has 2 N–H and O–H groups in total. The number of aromatic nitrogens is 2. The average molecular weight is 212 g/mol. The predicted molar refractivity (Wildman–Crippen MR) is 62.4 cm³/mol. The van der Waals surface area contributed by atoms with E-state index < -0.39 is 0 Å². The molecule has 3 nitrogen and oxygen atoms in total. The number of hydrogen-bond donors (Lipinski definition) is 2. The van der Waals surface area contributed by atoms with Crippen LogP contribution >= 0.6 is 12.4 Å². The highest BCUT2D eigenvalue weighted by atomic mass is 35.5. The first-order valence-corrected chi connectivity index (χ1v) is 4.36. The second-order valence-corrected chi connectivity index (χ2v) is 3.24. The summed E-state index contributed by atoms with van der Waals surface area (Å²) in [5.41, 5.74) is 4.67. The summed E-state index contributed by atoms with van der Waals surface area (Å²) in [6.45, 7) is 4.19. The van der Waals surface area contributed by atoms with Crippen molar-refractivity contribution < 1.29 is 0 Å². The maximum Gasteiger partial charge on any atom is 0.200 e. The van der Waals surface area contributed by atoms with Gasteiger partial charge in [-0.15, -0.1) is 12.4 Å². The van der Waals surface area contributed by atoms with Crippen LogP contribution in [0.25, 0.3) is 11.0 Å². The van der Waals surface area contributed by atoms with Crippen LogP contribution in [0.2, 0.25) is 0 Å². The zero-order valence-corrected chi connectivity index (χ0v) is 9.33. The van der Waals surface area contributed by atoms with Crippen molar-refractivity contribution in [1.29, 1.82) is 0 Å². The number of benzene rings is 1. The molecule has 0 amide bonds. The third kappa shape index (κ3) is 1.55. The van der Waals surface area contributed by atoms with Crippen LogP contribution in [0.15, 0.2) is 12.1 Å². The summed E-state index contributed by atoms with van der Waals surface area (Å²) in [6, 6.07) is 4.17. The Bertz CT molecular complexity index is 448. The monoisotopic (exact) mass is 211 g/mol. The molecule has 2 rings (SSSR count). The molecule has 1 aromatic carbocycles. The third-order valence-electron chi connectivity index (χ3n) is 2.42. The molecular weight excluding hydrogens is 198 g/mol. The van der Waals surface area contributed by atoms with E-state index in [0.29, 0.717) is 0 Å². The van der Waals surface area contributed by atoms with Crippen LogP contribution in [-0.2, 0) is 0 Å². The summed E-state index contributed by atoms with van der Waals surface area (Å²) < 4.78 is 0. The van der Waals surface area contributed by atoms with Gasteiger partial charge in [0, 0.05) is 7.05 Å². The number of aromatic amines is 1. The van der Waals surface area contributed by atoms with Crippen LogP contribution in [0.5, 0.6) is 0 Å². The lowest BCUT2D eigenvalue weighted by atomic mass is 10.1. The summed E-state index contributed by atoms with van der Waals surface area (Å²) >= 11 is 0. The van der Waals surface area contributed by atoms with Gasteiger partial charge in [0.25, 0.3) is 0 Å². The van der Waals surface area contributed by atoms with E-state index in [1.165, 1.54) is 11.1 Å². The molecule has 1 aromatic heterocycles. The lowest BCUT2D eigenvalue weighted by Crippen LogP contribution is -1.88. The summed E-state index contributed by atoms with van der Waals surface area (Å²) in [6.07, 6.45) is 0. The highest BCUT2D eigenvalue weighted by Gasteiger charge is 2.04. The molecule has 0 bridgehead atoms. The molecule has 0 atom stereocenters. The number of fused-ring (bicyclic) bond motifs is 1. The quantitative estimate of drug-likeness (QED) is 0.762. The molecule has 0 radical (unpaired) electrons. The Kier molecular flexibility index (Phi) is 3.01. The van der Waals surface area contributed by atoms with Gasteiger partial charge in [-0.1, -0.05) is 6.07 Å². The molecule has 0 aliphatic carbocycles. The Labute approximate surface area is 89.3 Å². The second-order valence-electron chi connectivity index (χ2n) is 3.24. The minimum absolute atomic E-state index is 0. The fourth-order valence-electron chi connectivity index (χ4n) is 1.43. The zero-order valence-electron chi connectivity index (χ0n) is 8.51. The Morgan fingerprint density at radius 2 is 2.00 bits per heavy atom. The van der Waals surface area contributed by atoms with E-state index in [4.69, 9.17) is 0 Å². The summed E-state index contributed by atoms with van der Waals surface area (Å²) in [4.78, 5) is 7.62. The van der Waals surface area contributed by atoms with Crippen LogP contribution < -0.4 is 5.32 Å². The van der Waals surface area contributed by atoms with E-state index in [9.17, 15) is 0 Å². The first kappa shape index (κ1) is 10.9. The molecule has 76 valence electrons. The van der Waals surface area contributed by atoms with E-state index >= 15 is 0 Å². The largest absolute Gasteiger partial charge is 0.359 e. The number of rotatable bonds is 1. The molecular formula is C10H14ClN3. The number of aryl methyl sites for hydroxylation is 2. The normalized spacial score (nSPS) is 9.93. The number of H-pyrrole nitrogens is 1. The lowest BCUT2D eigenvalue weighted by molar-refractivity contribution is 1.28. The third-order valence-corrected chi connectivity index (χ3v) is 2.42. The summed E-state index contributed by atoms with van der Waals surface area (Å²) in [5.74, 6) is 0.823. The Hall–Kier alpha value is -1.22. The van der Waals surface area contributed by atoms with E-state index in [1.807, 2.05) is 7.05 Å². The molecule has 0 spiro atoms. The number of halogens is 1. The first-order valence-electron chi connectivity index (χ1n) is 4.36. The molecule has 4 heteroatoms. The topological polar surface area (TPSA) is 40.7 Å². The van der Waals surface area contributed by atoms with Crippen molar-refractivity contribution in [3.8, 4) is 0 Å². The van der Waals surface area contributed by atoms with Gasteiger partial charge in [0.05, 0.1) is 11.0 Å². The predicted octanol–water partition coefficient (Wildman–Crippen LogP) is 2.64. The van der Waals surface area contributed by atoms with Crippen molar-refractivity contribution >= 4 is 29.4 Å². The van der Waals surface area contributed by atoms with Gasteiger partial charge >= 0.3 is 0 Å². The van der Waals surface area contributed by atoms with Gasteiger partial charge in [0.15, 0.2) is 0 Å². The van der Waals surface area contributed by atoms with Gasteiger partial charge in [-0.05, 0) is 31.0 Å². The number of imidazole rings is 1. The minimum atomic E-state index is 0. The molecule has 2 aromatic rings. The van der Waals surface area contributed by atoms with E-state index in [-0.39, 0.29) is 12.4 Å². The van der Waals surface area contributed by atoms with Crippen molar-refractivity contribution in [1.82, 2.24) is 9.97 Å². The van der Waals surface area contributed by atoms with Gasteiger partial charge in [0.1, 0.15) is 0 Å². The number of nitrogens with one attached hydrogen (secondary N) is 2. The van der Waals surface area contributed by atoms with Crippen molar-refractivity contribution in [2.75, 3.05) is 12.4 Å². The van der Waals surface area contributed by atoms with E-state index in [0.717, 1.165) is 17.0 Å². The Balaban J connectivity index is 0.000000980. The number of nitrogens with zero attached hydrogens (tertiary/aromatic N) is 1. The maximum atomic E-state index is 4.42. The maximum absolute atomic E-state index is 4.42. The molecule has 0 unspecified atom stereocenters. The average Bonchev–Trinajstić information content (AvgIpc) is 2.55. The molecule has 0 saturated heterocycles. The van der Waals surface area contributed by atoms with Gasteiger partial charge < -0.3 is 10.3 Å². The molecule has 14 heavy (non-hydrogen) atoms. The fourth-order valence-corrected chi connectivity index (χ4v) is 1.43. The van der Waals surface area contributed by atoms with Crippen molar-refractivity contribution in [2.24, 2.45) is 0 Å². The van der Waals surface area contributed by atoms with Crippen LogP contribution in [0, 0.1) is 13.8 Å². The number of anilines is 1. The van der Waals surface area contributed by atoms with E-state index in [2.05, 4.69) is 41.3 Å². The van der Waals surface area contributed by atoms with E-state index in [1.54, 1.807) is 0 Å². The lowest BCUT2D eigenvalue weighted by Gasteiger charge is -1.97. The van der Waals surface area contributed by atoms with Crippen LogP contribution in [0.3, 0.4) is 0 Å². The van der Waals surface area contributed by atoms with Gasteiger partial charge in [-0.25, -0.2) is 4.98 Å². The van der Waals surface area contributed by atoms with Crippen molar-refractivity contribution in [2.45, 2.75) is 13.8 Å². The van der Waals surface area contributed by atoms with Gasteiger partial charge in [-0.3, -0.25) is 0 Å². The summed E-state index contributed by atoms with van der Waals surface area (Å²) in [5, 5.41) is 3.00. The highest BCUT2D eigenvalue weighted by molar-refractivity contribution is 5.85. The van der Waals surface area contributed by atoms with Crippen LogP contribution in [0.1, 0.15) is 11.1 Å². The Morgan fingerprint density at radius 1 is 1.29 bits per heavy atom.